The van der Waals surface area contributed by atoms with E-state index in [4.69, 9.17) is 4.42 Å². The van der Waals surface area contributed by atoms with Crippen molar-refractivity contribution in [2.24, 2.45) is 0 Å². The van der Waals surface area contributed by atoms with E-state index in [1.807, 2.05) is 35.0 Å². The van der Waals surface area contributed by atoms with E-state index in [2.05, 4.69) is 11.4 Å². The molecule has 1 aliphatic rings. The number of fused-ring (bicyclic) bond motifs is 1. The first-order chi connectivity index (χ1) is 10.2. The van der Waals surface area contributed by atoms with Crippen LogP contribution in [0.4, 0.5) is 0 Å². The molecule has 1 saturated heterocycles. The van der Waals surface area contributed by atoms with Gasteiger partial charge < -0.3 is 14.6 Å². The average molecular weight is 287 g/mol. The zero-order valence-electron chi connectivity index (χ0n) is 12.3. The maximum absolute atomic E-state index is 12.2. The number of benzene rings is 1. The summed E-state index contributed by atoms with van der Waals surface area (Å²) < 4.78 is 5.54. The molecule has 5 nitrogen and oxygen atoms in total. The maximum Gasteiger partial charge on any atom is 0.236 e. The second kappa shape index (κ2) is 6.28. The van der Waals surface area contributed by atoms with Gasteiger partial charge in [-0.3, -0.25) is 9.69 Å². The quantitative estimate of drug-likeness (QED) is 0.921. The Morgan fingerprint density at radius 3 is 2.90 bits per heavy atom. The Balaban J connectivity index is 1.60. The molecule has 2 heterocycles. The molecule has 1 aromatic heterocycles. The lowest BCUT2D eigenvalue weighted by molar-refractivity contribution is -0.132. The average Bonchev–Trinajstić information content (AvgIpc) is 2.91. The molecule has 0 radical (unpaired) electrons. The molecule has 0 unspecified atom stereocenters. The lowest BCUT2D eigenvalue weighted by Gasteiger charge is -2.29. The number of nitrogens with one attached hydrogen (secondary N) is 1. The fraction of sp³-hybridized carbons (Fsp3) is 0.438. The van der Waals surface area contributed by atoms with Crippen molar-refractivity contribution < 1.29 is 9.21 Å². The number of rotatable bonds is 4. The molecule has 1 fully saturated rings. The van der Waals surface area contributed by atoms with Crippen LogP contribution in [0.1, 0.15) is 5.56 Å². The van der Waals surface area contributed by atoms with Crippen molar-refractivity contribution in [1.82, 2.24) is 15.1 Å². The molecule has 3 rings (SSSR count). The van der Waals surface area contributed by atoms with Gasteiger partial charge in [0, 0.05) is 43.7 Å². The van der Waals surface area contributed by atoms with Gasteiger partial charge in [0.15, 0.2) is 0 Å². The van der Waals surface area contributed by atoms with E-state index in [0.29, 0.717) is 6.54 Å². The van der Waals surface area contributed by atoms with Crippen LogP contribution in [0.15, 0.2) is 34.9 Å². The molecule has 112 valence electrons. The van der Waals surface area contributed by atoms with Crippen LogP contribution in [-0.4, -0.2) is 55.5 Å². The van der Waals surface area contributed by atoms with Crippen LogP contribution < -0.4 is 5.32 Å². The minimum Gasteiger partial charge on any atom is -0.464 e. The Bertz CT molecular complexity index is 617. The number of carbonyl (C=O) groups is 1. The maximum atomic E-state index is 12.2. The first kappa shape index (κ1) is 14.1. The van der Waals surface area contributed by atoms with Crippen LogP contribution >= 0.6 is 0 Å². The van der Waals surface area contributed by atoms with E-state index in [9.17, 15) is 4.79 Å². The molecule has 1 aliphatic heterocycles. The van der Waals surface area contributed by atoms with Gasteiger partial charge in [-0.15, -0.1) is 0 Å². The Morgan fingerprint density at radius 2 is 2.10 bits per heavy atom. The predicted molar refractivity (Wildman–Crippen MR) is 82.0 cm³/mol. The fourth-order valence-corrected chi connectivity index (χ4v) is 2.75. The zero-order chi connectivity index (χ0) is 14.7. The number of amides is 1. The highest BCUT2D eigenvalue weighted by molar-refractivity contribution is 5.81. The van der Waals surface area contributed by atoms with Crippen molar-refractivity contribution in [1.29, 1.82) is 0 Å². The summed E-state index contributed by atoms with van der Waals surface area (Å²) in [6, 6.07) is 7.99. The van der Waals surface area contributed by atoms with Gasteiger partial charge in [0.1, 0.15) is 5.58 Å². The second-order valence-electron chi connectivity index (χ2n) is 5.56. The molecular formula is C16H21N3O2. The number of nitrogens with zero attached hydrogens (tertiary/aromatic N) is 2. The normalized spacial score (nSPS) is 15.8. The van der Waals surface area contributed by atoms with Crippen LogP contribution in [0.3, 0.4) is 0 Å². The first-order valence-electron chi connectivity index (χ1n) is 7.36. The van der Waals surface area contributed by atoms with Gasteiger partial charge in [0.25, 0.3) is 0 Å². The summed E-state index contributed by atoms with van der Waals surface area (Å²) in [5.41, 5.74) is 2.02. The van der Waals surface area contributed by atoms with Crippen LogP contribution in [0.5, 0.6) is 0 Å². The van der Waals surface area contributed by atoms with E-state index in [1.54, 1.807) is 6.26 Å². The largest absolute Gasteiger partial charge is 0.464 e. The fourth-order valence-electron chi connectivity index (χ4n) is 2.75. The third-order valence-corrected chi connectivity index (χ3v) is 3.88. The molecule has 0 bridgehead atoms. The summed E-state index contributed by atoms with van der Waals surface area (Å²) >= 11 is 0. The van der Waals surface area contributed by atoms with Crippen molar-refractivity contribution in [3.8, 4) is 0 Å². The Morgan fingerprint density at radius 1 is 1.33 bits per heavy atom. The molecule has 21 heavy (non-hydrogen) atoms. The molecular weight excluding hydrogens is 266 g/mol. The van der Waals surface area contributed by atoms with E-state index in [-0.39, 0.29) is 5.91 Å². The highest BCUT2D eigenvalue weighted by Gasteiger charge is 2.18. The molecule has 1 aromatic carbocycles. The van der Waals surface area contributed by atoms with Crippen molar-refractivity contribution in [3.05, 3.63) is 36.1 Å². The van der Waals surface area contributed by atoms with Crippen molar-refractivity contribution >= 4 is 16.9 Å². The van der Waals surface area contributed by atoms with Crippen molar-refractivity contribution in [2.45, 2.75) is 6.54 Å². The van der Waals surface area contributed by atoms with E-state index >= 15 is 0 Å². The molecule has 1 N–H and O–H groups in total. The number of hydrogen-bond donors (Lipinski definition) is 1. The molecule has 2 aromatic rings. The molecule has 0 atom stereocenters. The van der Waals surface area contributed by atoms with Gasteiger partial charge in [0.2, 0.25) is 5.91 Å². The van der Waals surface area contributed by atoms with E-state index < -0.39 is 0 Å². The van der Waals surface area contributed by atoms with Crippen LogP contribution in [0.2, 0.25) is 0 Å². The summed E-state index contributed by atoms with van der Waals surface area (Å²) in [7, 11) is 1.97. The molecule has 0 saturated carbocycles. The third-order valence-electron chi connectivity index (χ3n) is 3.88. The summed E-state index contributed by atoms with van der Waals surface area (Å²) in [5, 5.41) is 4.38. The molecule has 1 amide bonds. The van der Waals surface area contributed by atoms with Gasteiger partial charge in [-0.25, -0.2) is 0 Å². The Kier molecular flexibility index (Phi) is 4.22. The van der Waals surface area contributed by atoms with Crippen molar-refractivity contribution in [2.75, 3.05) is 39.8 Å². The lowest BCUT2D eigenvalue weighted by atomic mass is 10.1. The van der Waals surface area contributed by atoms with Crippen LogP contribution in [0, 0.1) is 0 Å². The summed E-state index contributed by atoms with van der Waals surface area (Å²) in [5.74, 6) is 0.201. The smallest absolute Gasteiger partial charge is 0.236 e. The SMILES string of the molecule is CN(CC(=O)N1CCNCC1)Cc1coc2ccccc12. The lowest BCUT2D eigenvalue weighted by Crippen LogP contribution is -2.49. The van der Waals surface area contributed by atoms with Crippen molar-refractivity contribution in [3.63, 3.8) is 0 Å². The van der Waals surface area contributed by atoms with E-state index in [1.165, 1.54) is 0 Å². The Hall–Kier alpha value is -1.85. The highest BCUT2D eigenvalue weighted by Crippen LogP contribution is 2.21. The zero-order valence-corrected chi connectivity index (χ0v) is 12.3. The van der Waals surface area contributed by atoms with E-state index in [0.717, 1.165) is 49.3 Å². The number of hydrogen-bond acceptors (Lipinski definition) is 4. The number of para-hydroxylation sites is 1. The third kappa shape index (κ3) is 3.25. The summed E-state index contributed by atoms with van der Waals surface area (Å²) in [6.45, 7) is 4.56. The monoisotopic (exact) mass is 287 g/mol. The predicted octanol–water partition coefficient (Wildman–Crippen LogP) is 1.30. The molecule has 0 spiro atoms. The minimum absolute atomic E-state index is 0.201. The molecule has 5 heteroatoms. The van der Waals surface area contributed by atoms with Crippen LogP contribution in [-0.2, 0) is 11.3 Å². The number of furan rings is 1. The van der Waals surface area contributed by atoms with Gasteiger partial charge in [0.05, 0.1) is 12.8 Å². The van der Waals surface area contributed by atoms with Gasteiger partial charge in [-0.1, -0.05) is 18.2 Å². The minimum atomic E-state index is 0.201. The standard InChI is InChI=1S/C16H21N3O2/c1-18(11-16(20)19-8-6-17-7-9-19)10-13-12-21-15-5-3-2-4-14(13)15/h2-5,12,17H,6-11H2,1H3. The van der Waals surface area contributed by atoms with Gasteiger partial charge in [-0.05, 0) is 13.1 Å². The van der Waals surface area contributed by atoms with Gasteiger partial charge >= 0.3 is 0 Å². The topological polar surface area (TPSA) is 48.7 Å². The highest BCUT2D eigenvalue weighted by atomic mass is 16.3. The molecule has 0 aliphatic carbocycles. The number of piperazine rings is 1. The van der Waals surface area contributed by atoms with Crippen LogP contribution in [0.25, 0.3) is 11.0 Å². The van der Waals surface area contributed by atoms with Gasteiger partial charge in [-0.2, -0.15) is 0 Å². The second-order valence-corrected chi connectivity index (χ2v) is 5.56. The first-order valence-corrected chi connectivity index (χ1v) is 7.36. The Labute approximate surface area is 124 Å². The number of carbonyl (C=O) groups excluding carboxylic acids is 1. The number of likely N-dealkylation sites (N-methyl/N-ethyl adjacent to an activating group) is 1. The summed E-state index contributed by atoms with van der Waals surface area (Å²) in [4.78, 5) is 16.2. The summed E-state index contributed by atoms with van der Waals surface area (Å²) in [6.07, 6.45) is 1.79.